The molecule has 2 aliphatic rings. The summed E-state index contributed by atoms with van der Waals surface area (Å²) >= 11 is 0. The molecule has 5 rings (SSSR count). The predicted octanol–water partition coefficient (Wildman–Crippen LogP) is 3.31. The molecule has 1 amide bonds. The Hall–Kier alpha value is -2.99. The van der Waals surface area contributed by atoms with E-state index >= 15 is 0 Å². The lowest BCUT2D eigenvalue weighted by atomic mass is 9.72. The highest BCUT2D eigenvalue weighted by atomic mass is 16.5. The maximum atomic E-state index is 13.9. The second-order valence-electron chi connectivity index (χ2n) is 8.58. The number of carbonyl (C=O) groups is 1. The van der Waals surface area contributed by atoms with E-state index in [9.17, 15) is 9.59 Å². The summed E-state index contributed by atoms with van der Waals surface area (Å²) in [5.41, 5.74) is 1.19. The molecule has 31 heavy (non-hydrogen) atoms. The number of para-hydroxylation sites is 1. The summed E-state index contributed by atoms with van der Waals surface area (Å²) in [6, 6.07) is 17.5. The number of carbonyl (C=O) groups excluding carboxylic acids is 1. The molecule has 0 saturated carbocycles. The zero-order valence-corrected chi connectivity index (χ0v) is 17.6. The average molecular weight is 418 g/mol. The van der Waals surface area contributed by atoms with Crippen LogP contribution in [0.25, 0.3) is 10.9 Å². The molecule has 160 valence electrons. The molecule has 3 heterocycles. The van der Waals surface area contributed by atoms with Crippen molar-refractivity contribution in [2.75, 3.05) is 26.3 Å². The van der Waals surface area contributed by atoms with Crippen LogP contribution in [0.2, 0.25) is 0 Å². The smallest absolute Gasteiger partial charge is 0.261 e. The molecule has 0 N–H and O–H groups in total. The molecule has 2 aromatic carbocycles. The maximum absolute atomic E-state index is 13.9. The Labute approximate surface area is 181 Å². The SMILES string of the molecule is O=C(N1CCCC(n2cnc3ccccc3c2=O)C1)C1(c2ccccc2)CCOCC1. The van der Waals surface area contributed by atoms with Gasteiger partial charge in [0.1, 0.15) is 0 Å². The fraction of sp³-hybridized carbons (Fsp3) is 0.400. The summed E-state index contributed by atoms with van der Waals surface area (Å²) in [5.74, 6) is 0.161. The number of likely N-dealkylation sites (tertiary alicyclic amines) is 1. The maximum Gasteiger partial charge on any atom is 0.261 e. The monoisotopic (exact) mass is 417 g/mol. The van der Waals surface area contributed by atoms with E-state index in [1.165, 1.54) is 0 Å². The number of fused-ring (bicyclic) bond motifs is 1. The summed E-state index contributed by atoms with van der Waals surface area (Å²) in [7, 11) is 0. The predicted molar refractivity (Wildman–Crippen MR) is 119 cm³/mol. The number of benzene rings is 2. The van der Waals surface area contributed by atoms with Crippen LogP contribution in [0, 0.1) is 0 Å². The zero-order chi connectivity index (χ0) is 21.3. The minimum atomic E-state index is -0.548. The number of rotatable bonds is 3. The van der Waals surface area contributed by atoms with Crippen LogP contribution < -0.4 is 5.56 Å². The largest absolute Gasteiger partial charge is 0.381 e. The first kappa shape index (κ1) is 19.9. The fourth-order valence-corrected chi connectivity index (χ4v) is 5.12. The molecule has 2 aliphatic heterocycles. The van der Waals surface area contributed by atoms with Crippen molar-refractivity contribution in [2.24, 2.45) is 0 Å². The Balaban J connectivity index is 1.45. The van der Waals surface area contributed by atoms with E-state index in [2.05, 4.69) is 17.1 Å². The zero-order valence-electron chi connectivity index (χ0n) is 17.6. The third kappa shape index (κ3) is 3.55. The van der Waals surface area contributed by atoms with Crippen molar-refractivity contribution in [1.29, 1.82) is 0 Å². The van der Waals surface area contributed by atoms with Gasteiger partial charge in [-0.1, -0.05) is 42.5 Å². The van der Waals surface area contributed by atoms with Gasteiger partial charge in [-0.05, 0) is 43.4 Å². The van der Waals surface area contributed by atoms with Gasteiger partial charge in [0.2, 0.25) is 5.91 Å². The molecule has 1 unspecified atom stereocenters. The van der Waals surface area contributed by atoms with E-state index in [1.807, 2.05) is 47.4 Å². The normalized spacial score (nSPS) is 21.2. The molecule has 6 heteroatoms. The lowest BCUT2D eigenvalue weighted by Crippen LogP contribution is -2.53. The molecular formula is C25H27N3O3. The molecule has 2 saturated heterocycles. The van der Waals surface area contributed by atoms with Crippen LogP contribution in [0.1, 0.15) is 37.3 Å². The van der Waals surface area contributed by atoms with Crippen molar-refractivity contribution in [3.8, 4) is 0 Å². The van der Waals surface area contributed by atoms with E-state index in [0.717, 1.165) is 24.9 Å². The van der Waals surface area contributed by atoms with Crippen LogP contribution in [-0.4, -0.2) is 46.7 Å². The second kappa shape index (κ2) is 8.27. The Morgan fingerprint density at radius 1 is 1.03 bits per heavy atom. The second-order valence-corrected chi connectivity index (χ2v) is 8.58. The van der Waals surface area contributed by atoms with Crippen LogP contribution in [0.3, 0.4) is 0 Å². The summed E-state index contributed by atoms with van der Waals surface area (Å²) in [4.78, 5) is 33.5. The fourth-order valence-electron chi connectivity index (χ4n) is 5.12. The highest BCUT2D eigenvalue weighted by Gasteiger charge is 2.45. The quantitative estimate of drug-likeness (QED) is 0.656. The number of hydrogen-bond donors (Lipinski definition) is 0. The van der Waals surface area contributed by atoms with E-state index in [1.54, 1.807) is 10.9 Å². The van der Waals surface area contributed by atoms with Crippen LogP contribution in [0.5, 0.6) is 0 Å². The first-order valence-electron chi connectivity index (χ1n) is 11.1. The minimum Gasteiger partial charge on any atom is -0.381 e. The summed E-state index contributed by atoms with van der Waals surface area (Å²) in [6.07, 6.45) is 4.76. The van der Waals surface area contributed by atoms with Crippen molar-refractivity contribution in [2.45, 2.75) is 37.1 Å². The highest BCUT2D eigenvalue weighted by Crippen LogP contribution is 2.38. The molecule has 1 aromatic heterocycles. The van der Waals surface area contributed by atoms with Crippen LogP contribution >= 0.6 is 0 Å². The first-order valence-corrected chi connectivity index (χ1v) is 11.1. The van der Waals surface area contributed by atoms with Gasteiger partial charge in [0.15, 0.2) is 0 Å². The summed E-state index contributed by atoms with van der Waals surface area (Å²) < 4.78 is 7.33. The van der Waals surface area contributed by atoms with E-state index in [0.29, 0.717) is 43.5 Å². The third-order valence-electron chi connectivity index (χ3n) is 6.85. The molecule has 6 nitrogen and oxygen atoms in total. The van der Waals surface area contributed by atoms with Gasteiger partial charge in [-0.2, -0.15) is 0 Å². The van der Waals surface area contributed by atoms with Crippen molar-refractivity contribution in [3.05, 3.63) is 76.8 Å². The van der Waals surface area contributed by atoms with Crippen molar-refractivity contribution >= 4 is 16.8 Å². The lowest BCUT2D eigenvalue weighted by molar-refractivity contribution is -0.143. The van der Waals surface area contributed by atoms with E-state index < -0.39 is 5.41 Å². The Kier molecular flexibility index (Phi) is 5.32. The Bertz CT molecular complexity index is 1140. The van der Waals surface area contributed by atoms with Crippen molar-refractivity contribution in [3.63, 3.8) is 0 Å². The van der Waals surface area contributed by atoms with Gasteiger partial charge in [-0.15, -0.1) is 0 Å². The van der Waals surface area contributed by atoms with Crippen molar-refractivity contribution in [1.82, 2.24) is 14.5 Å². The molecule has 0 spiro atoms. The summed E-state index contributed by atoms with van der Waals surface area (Å²) in [5, 5.41) is 0.624. The number of nitrogens with zero attached hydrogens (tertiary/aromatic N) is 3. The third-order valence-corrected chi connectivity index (χ3v) is 6.85. The van der Waals surface area contributed by atoms with Gasteiger partial charge in [-0.25, -0.2) is 4.98 Å². The van der Waals surface area contributed by atoms with Gasteiger partial charge in [-0.3, -0.25) is 14.2 Å². The number of hydrogen-bond acceptors (Lipinski definition) is 4. The molecule has 0 radical (unpaired) electrons. The van der Waals surface area contributed by atoms with Crippen LogP contribution in [0.15, 0.2) is 65.7 Å². The van der Waals surface area contributed by atoms with Crippen LogP contribution in [0.4, 0.5) is 0 Å². The van der Waals surface area contributed by atoms with Crippen molar-refractivity contribution < 1.29 is 9.53 Å². The van der Waals surface area contributed by atoms with Crippen LogP contribution in [-0.2, 0) is 14.9 Å². The Morgan fingerprint density at radius 2 is 1.77 bits per heavy atom. The molecule has 3 aromatic rings. The van der Waals surface area contributed by atoms with Gasteiger partial charge in [0.05, 0.1) is 28.7 Å². The van der Waals surface area contributed by atoms with Gasteiger partial charge in [0.25, 0.3) is 5.56 Å². The number of amides is 1. The molecule has 2 fully saturated rings. The Morgan fingerprint density at radius 3 is 2.58 bits per heavy atom. The highest BCUT2D eigenvalue weighted by molar-refractivity contribution is 5.88. The topological polar surface area (TPSA) is 64.4 Å². The lowest BCUT2D eigenvalue weighted by Gasteiger charge is -2.43. The van der Waals surface area contributed by atoms with Gasteiger partial charge >= 0.3 is 0 Å². The number of piperidine rings is 1. The minimum absolute atomic E-state index is 0.0336. The first-order chi connectivity index (χ1) is 15.2. The van der Waals surface area contributed by atoms with Gasteiger partial charge < -0.3 is 9.64 Å². The number of ether oxygens (including phenoxy) is 1. The average Bonchev–Trinajstić information content (AvgIpc) is 2.85. The molecular weight excluding hydrogens is 390 g/mol. The molecule has 0 bridgehead atoms. The summed E-state index contributed by atoms with van der Waals surface area (Å²) in [6.45, 7) is 2.44. The van der Waals surface area contributed by atoms with E-state index in [-0.39, 0.29) is 17.5 Å². The van der Waals surface area contributed by atoms with Gasteiger partial charge in [0, 0.05) is 26.3 Å². The number of aromatic nitrogens is 2. The van der Waals surface area contributed by atoms with E-state index in [4.69, 9.17) is 4.74 Å². The molecule has 0 aliphatic carbocycles. The standard InChI is InChI=1S/C25H27N3O3/c29-23-21-10-4-5-11-22(21)26-18-28(23)20-9-6-14-27(17-20)24(30)25(12-15-31-16-13-25)19-7-2-1-3-8-19/h1-5,7-8,10-11,18,20H,6,9,12-17H2. The molecule has 1 atom stereocenters.